The van der Waals surface area contributed by atoms with Gasteiger partial charge in [0.2, 0.25) is 0 Å². The summed E-state index contributed by atoms with van der Waals surface area (Å²) in [6, 6.07) is 14.4. The third-order valence-corrected chi connectivity index (χ3v) is 3.11. The molecule has 2 aromatic heterocycles. The molecule has 0 saturated heterocycles. The van der Waals surface area contributed by atoms with Crippen LogP contribution in [0.15, 0.2) is 54.7 Å². The molecule has 2 amide bonds. The van der Waals surface area contributed by atoms with E-state index < -0.39 is 0 Å². The lowest BCUT2D eigenvalue weighted by Crippen LogP contribution is -2.32. The monoisotopic (exact) mass is 281 g/mol. The molecule has 0 radical (unpaired) electrons. The van der Waals surface area contributed by atoms with Crippen LogP contribution in [0.25, 0.3) is 5.65 Å². The second kappa shape index (κ2) is 5.62. The Labute approximate surface area is 121 Å². The van der Waals surface area contributed by atoms with Gasteiger partial charge in [-0.05, 0) is 31.2 Å². The largest absolute Gasteiger partial charge is 0.328 e. The third-order valence-electron chi connectivity index (χ3n) is 3.11. The van der Waals surface area contributed by atoms with Gasteiger partial charge in [0.05, 0.1) is 6.04 Å². The van der Waals surface area contributed by atoms with Crippen LogP contribution in [0.4, 0.5) is 10.5 Å². The molecule has 1 atom stereocenters. The normalized spacial score (nSPS) is 12.0. The van der Waals surface area contributed by atoms with Gasteiger partial charge >= 0.3 is 6.03 Å². The van der Waals surface area contributed by atoms with Crippen LogP contribution in [-0.2, 0) is 0 Å². The highest BCUT2D eigenvalue weighted by Crippen LogP contribution is 2.12. The zero-order valence-electron chi connectivity index (χ0n) is 11.5. The fraction of sp³-hybridized carbons (Fsp3) is 0.133. The van der Waals surface area contributed by atoms with Crippen molar-refractivity contribution >= 4 is 17.4 Å². The lowest BCUT2D eigenvalue weighted by atomic mass is 10.3. The number of nitrogens with zero attached hydrogens (tertiary/aromatic N) is 3. The molecule has 2 heterocycles. The first-order chi connectivity index (χ1) is 10.2. The predicted octanol–water partition coefficient (Wildman–Crippen LogP) is 2.61. The van der Waals surface area contributed by atoms with Crippen molar-refractivity contribution in [3.63, 3.8) is 0 Å². The third kappa shape index (κ3) is 2.84. The number of rotatable bonds is 3. The number of pyridine rings is 1. The predicted molar refractivity (Wildman–Crippen MR) is 80.0 cm³/mol. The van der Waals surface area contributed by atoms with E-state index in [9.17, 15) is 4.79 Å². The van der Waals surface area contributed by atoms with Crippen LogP contribution < -0.4 is 10.6 Å². The highest BCUT2D eigenvalue weighted by atomic mass is 16.2. The molecule has 6 heteroatoms. The molecule has 0 spiro atoms. The Morgan fingerprint density at radius 2 is 1.86 bits per heavy atom. The summed E-state index contributed by atoms with van der Waals surface area (Å²) in [5.74, 6) is 0.689. The van der Waals surface area contributed by atoms with E-state index in [2.05, 4.69) is 20.8 Å². The Morgan fingerprint density at radius 1 is 1.10 bits per heavy atom. The summed E-state index contributed by atoms with van der Waals surface area (Å²) in [5, 5.41) is 13.8. The quantitative estimate of drug-likeness (QED) is 0.775. The van der Waals surface area contributed by atoms with Crippen molar-refractivity contribution in [2.45, 2.75) is 13.0 Å². The first-order valence-corrected chi connectivity index (χ1v) is 6.66. The van der Waals surface area contributed by atoms with Crippen molar-refractivity contribution < 1.29 is 4.79 Å². The van der Waals surface area contributed by atoms with E-state index in [1.165, 1.54) is 0 Å². The minimum atomic E-state index is -0.276. The van der Waals surface area contributed by atoms with Gasteiger partial charge in [-0.15, -0.1) is 10.2 Å². The van der Waals surface area contributed by atoms with Gasteiger partial charge in [0.25, 0.3) is 0 Å². The fourth-order valence-corrected chi connectivity index (χ4v) is 2.11. The standard InChI is InChI=1S/C15H15N5O/c1-11(14-19-18-13-9-5-6-10-20(13)14)16-15(21)17-12-7-3-2-4-8-12/h2-11H,1H3,(H2,16,17,21). The summed E-state index contributed by atoms with van der Waals surface area (Å²) < 4.78 is 1.85. The Morgan fingerprint density at radius 3 is 2.67 bits per heavy atom. The topological polar surface area (TPSA) is 71.3 Å². The van der Waals surface area contributed by atoms with Crippen molar-refractivity contribution in [3.05, 3.63) is 60.6 Å². The van der Waals surface area contributed by atoms with Crippen molar-refractivity contribution in [2.24, 2.45) is 0 Å². The molecule has 0 aliphatic carbocycles. The van der Waals surface area contributed by atoms with Crippen LogP contribution in [0.2, 0.25) is 0 Å². The first kappa shape index (κ1) is 13.1. The molecular weight excluding hydrogens is 266 g/mol. The maximum atomic E-state index is 12.0. The second-order valence-corrected chi connectivity index (χ2v) is 4.67. The highest BCUT2D eigenvalue weighted by molar-refractivity contribution is 5.89. The molecular formula is C15H15N5O. The van der Waals surface area contributed by atoms with E-state index in [4.69, 9.17) is 0 Å². The van der Waals surface area contributed by atoms with E-state index in [-0.39, 0.29) is 12.1 Å². The summed E-state index contributed by atoms with van der Waals surface area (Å²) in [5.41, 5.74) is 1.50. The van der Waals surface area contributed by atoms with Crippen molar-refractivity contribution in [1.29, 1.82) is 0 Å². The smallest absolute Gasteiger partial charge is 0.319 e. The number of aromatic nitrogens is 3. The second-order valence-electron chi connectivity index (χ2n) is 4.67. The zero-order chi connectivity index (χ0) is 14.7. The number of carbonyl (C=O) groups excluding carboxylic acids is 1. The molecule has 106 valence electrons. The summed E-state index contributed by atoms with van der Waals surface area (Å²) in [7, 11) is 0. The summed E-state index contributed by atoms with van der Waals surface area (Å²) in [6.07, 6.45) is 1.87. The van der Waals surface area contributed by atoms with E-state index in [1.807, 2.05) is 66.1 Å². The Kier molecular flexibility index (Phi) is 3.51. The zero-order valence-corrected chi connectivity index (χ0v) is 11.5. The van der Waals surface area contributed by atoms with Gasteiger partial charge in [-0.25, -0.2) is 4.79 Å². The van der Waals surface area contributed by atoms with Crippen LogP contribution in [0.1, 0.15) is 18.8 Å². The number of hydrogen-bond acceptors (Lipinski definition) is 3. The number of hydrogen-bond donors (Lipinski definition) is 2. The molecule has 0 aliphatic rings. The van der Waals surface area contributed by atoms with Crippen molar-refractivity contribution in [2.75, 3.05) is 5.32 Å². The van der Waals surface area contributed by atoms with Gasteiger partial charge in [-0.2, -0.15) is 0 Å². The number of benzene rings is 1. The molecule has 21 heavy (non-hydrogen) atoms. The van der Waals surface area contributed by atoms with Crippen LogP contribution in [0, 0.1) is 0 Å². The van der Waals surface area contributed by atoms with Gasteiger partial charge in [-0.3, -0.25) is 4.40 Å². The van der Waals surface area contributed by atoms with Crippen LogP contribution in [0.5, 0.6) is 0 Å². The van der Waals surface area contributed by atoms with Gasteiger partial charge in [0.1, 0.15) is 0 Å². The molecule has 2 N–H and O–H groups in total. The molecule has 1 unspecified atom stereocenters. The minimum absolute atomic E-state index is 0.258. The number of urea groups is 1. The van der Waals surface area contributed by atoms with Crippen molar-refractivity contribution in [3.8, 4) is 0 Å². The SMILES string of the molecule is CC(NC(=O)Nc1ccccc1)c1nnc2ccccn12. The molecule has 0 fully saturated rings. The number of amides is 2. The number of nitrogens with one attached hydrogen (secondary N) is 2. The molecule has 0 bridgehead atoms. The van der Waals surface area contributed by atoms with Gasteiger partial charge in [-0.1, -0.05) is 24.3 Å². The molecule has 6 nitrogen and oxygen atoms in total. The Bertz CT molecular complexity index is 753. The van der Waals surface area contributed by atoms with Crippen LogP contribution >= 0.6 is 0 Å². The minimum Gasteiger partial charge on any atom is -0.328 e. The molecule has 3 aromatic rings. The van der Waals surface area contributed by atoms with Gasteiger partial charge < -0.3 is 10.6 Å². The summed E-state index contributed by atoms with van der Waals surface area (Å²) in [6.45, 7) is 1.87. The number of anilines is 1. The maximum Gasteiger partial charge on any atom is 0.319 e. The Balaban J connectivity index is 1.71. The van der Waals surface area contributed by atoms with E-state index >= 15 is 0 Å². The lowest BCUT2D eigenvalue weighted by molar-refractivity contribution is 0.249. The summed E-state index contributed by atoms with van der Waals surface area (Å²) >= 11 is 0. The van der Waals surface area contributed by atoms with Crippen molar-refractivity contribution in [1.82, 2.24) is 19.9 Å². The molecule has 0 aliphatic heterocycles. The molecule has 0 saturated carbocycles. The van der Waals surface area contributed by atoms with E-state index in [1.54, 1.807) is 0 Å². The highest BCUT2D eigenvalue weighted by Gasteiger charge is 2.15. The fourth-order valence-electron chi connectivity index (χ4n) is 2.11. The first-order valence-electron chi connectivity index (χ1n) is 6.66. The lowest BCUT2D eigenvalue weighted by Gasteiger charge is -2.13. The maximum absolute atomic E-state index is 12.0. The van der Waals surface area contributed by atoms with E-state index in [0.717, 1.165) is 11.3 Å². The van der Waals surface area contributed by atoms with E-state index in [0.29, 0.717) is 5.82 Å². The van der Waals surface area contributed by atoms with Gasteiger partial charge in [0, 0.05) is 11.9 Å². The molecule has 3 rings (SSSR count). The molecule has 1 aromatic carbocycles. The summed E-state index contributed by atoms with van der Waals surface area (Å²) in [4.78, 5) is 12.0. The number of fused-ring (bicyclic) bond motifs is 1. The Hall–Kier alpha value is -2.89. The van der Waals surface area contributed by atoms with Crippen LogP contribution in [-0.4, -0.2) is 20.6 Å². The van der Waals surface area contributed by atoms with Gasteiger partial charge in [0.15, 0.2) is 11.5 Å². The van der Waals surface area contributed by atoms with Crippen LogP contribution in [0.3, 0.4) is 0 Å². The number of para-hydroxylation sites is 1. The average Bonchev–Trinajstić information content (AvgIpc) is 2.92. The number of carbonyl (C=O) groups is 1. The average molecular weight is 281 g/mol.